The molecule has 0 fully saturated rings. The van der Waals surface area contributed by atoms with Gasteiger partial charge in [0, 0.05) is 24.0 Å². The first-order valence-corrected chi connectivity index (χ1v) is 6.43. The Hall–Kier alpha value is -2.28. The van der Waals surface area contributed by atoms with Crippen molar-refractivity contribution in [3.05, 3.63) is 63.1 Å². The number of rotatable bonds is 2. The van der Waals surface area contributed by atoms with Crippen LogP contribution in [-0.2, 0) is 0 Å². The topological polar surface area (TPSA) is 60.4 Å². The number of imidazole rings is 1. The molecule has 3 aromatic rings. The van der Waals surface area contributed by atoms with Crippen molar-refractivity contribution in [1.82, 2.24) is 9.38 Å². The molecule has 5 nitrogen and oxygen atoms in total. The molecule has 2 aromatic heterocycles. The molecule has 7 heteroatoms. The van der Waals surface area contributed by atoms with Crippen molar-refractivity contribution in [2.45, 2.75) is 0 Å². The van der Waals surface area contributed by atoms with E-state index in [9.17, 15) is 14.5 Å². The molecule has 0 unspecified atom stereocenters. The van der Waals surface area contributed by atoms with E-state index >= 15 is 0 Å². The first kappa shape index (κ1) is 12.7. The minimum absolute atomic E-state index is 0.494. The average Bonchev–Trinajstić information content (AvgIpc) is 2.84. The van der Waals surface area contributed by atoms with Crippen LogP contribution >= 0.6 is 15.9 Å². The van der Waals surface area contributed by atoms with Gasteiger partial charge >= 0.3 is 5.69 Å². The number of aromatic nitrogens is 2. The Morgan fingerprint density at radius 3 is 2.85 bits per heavy atom. The standard InChI is InChI=1S/C13H7BrFN3O2/c14-9-2-1-5-17-7-11(16-13(9)17)8-3-4-10(15)12(6-8)18(19)20/h1-7H. The summed E-state index contributed by atoms with van der Waals surface area (Å²) in [6.45, 7) is 0. The second-order valence-electron chi connectivity index (χ2n) is 4.14. The van der Waals surface area contributed by atoms with Crippen LogP contribution in [0, 0.1) is 15.9 Å². The first-order chi connectivity index (χ1) is 9.56. The van der Waals surface area contributed by atoms with Crippen molar-refractivity contribution < 1.29 is 9.31 Å². The lowest BCUT2D eigenvalue weighted by molar-refractivity contribution is -0.387. The van der Waals surface area contributed by atoms with Gasteiger partial charge in [-0.15, -0.1) is 0 Å². The van der Waals surface area contributed by atoms with Crippen molar-refractivity contribution in [3.63, 3.8) is 0 Å². The second kappa shape index (κ2) is 4.68. The molecule has 0 aliphatic rings. The minimum Gasteiger partial charge on any atom is -0.306 e. The molecule has 0 atom stereocenters. The summed E-state index contributed by atoms with van der Waals surface area (Å²) in [6, 6.07) is 7.42. The number of pyridine rings is 1. The molecular weight excluding hydrogens is 329 g/mol. The summed E-state index contributed by atoms with van der Waals surface area (Å²) in [6.07, 6.45) is 3.55. The molecule has 0 spiro atoms. The molecule has 0 radical (unpaired) electrons. The molecule has 0 aliphatic carbocycles. The summed E-state index contributed by atoms with van der Waals surface area (Å²) >= 11 is 3.38. The van der Waals surface area contributed by atoms with Gasteiger partial charge in [-0.25, -0.2) is 4.98 Å². The van der Waals surface area contributed by atoms with E-state index in [1.54, 1.807) is 10.6 Å². The number of halogens is 2. The maximum atomic E-state index is 13.3. The van der Waals surface area contributed by atoms with Gasteiger partial charge < -0.3 is 4.40 Å². The van der Waals surface area contributed by atoms with Crippen molar-refractivity contribution in [2.24, 2.45) is 0 Å². The van der Waals surface area contributed by atoms with E-state index in [1.165, 1.54) is 12.1 Å². The summed E-state index contributed by atoms with van der Waals surface area (Å²) in [7, 11) is 0. The molecule has 2 heterocycles. The largest absolute Gasteiger partial charge is 0.306 e. The zero-order valence-corrected chi connectivity index (χ0v) is 11.5. The van der Waals surface area contributed by atoms with Gasteiger partial charge in [-0.05, 0) is 40.2 Å². The van der Waals surface area contributed by atoms with E-state index in [2.05, 4.69) is 20.9 Å². The van der Waals surface area contributed by atoms with Gasteiger partial charge in [0.15, 0.2) is 5.65 Å². The molecule has 0 aliphatic heterocycles. The third-order valence-corrected chi connectivity index (χ3v) is 3.49. The van der Waals surface area contributed by atoms with Crippen LogP contribution in [-0.4, -0.2) is 14.3 Å². The zero-order chi connectivity index (χ0) is 14.3. The van der Waals surface area contributed by atoms with E-state index in [4.69, 9.17) is 0 Å². The van der Waals surface area contributed by atoms with Gasteiger partial charge in [-0.1, -0.05) is 0 Å². The maximum Gasteiger partial charge on any atom is 0.305 e. The highest BCUT2D eigenvalue weighted by atomic mass is 79.9. The van der Waals surface area contributed by atoms with Crippen LogP contribution in [0.4, 0.5) is 10.1 Å². The predicted octanol–water partition coefficient (Wildman–Crippen LogP) is 3.81. The summed E-state index contributed by atoms with van der Waals surface area (Å²) in [4.78, 5) is 14.4. The molecular formula is C13H7BrFN3O2. The van der Waals surface area contributed by atoms with Gasteiger partial charge in [0.2, 0.25) is 5.82 Å². The molecule has 1 aromatic carbocycles. The Kier molecular flexibility index (Phi) is 2.98. The summed E-state index contributed by atoms with van der Waals surface area (Å²) < 4.78 is 15.9. The third-order valence-electron chi connectivity index (χ3n) is 2.87. The molecule has 0 bridgehead atoms. The highest BCUT2D eigenvalue weighted by molar-refractivity contribution is 9.10. The number of hydrogen-bond donors (Lipinski definition) is 0. The highest BCUT2D eigenvalue weighted by Crippen LogP contribution is 2.27. The lowest BCUT2D eigenvalue weighted by Crippen LogP contribution is -1.92. The van der Waals surface area contributed by atoms with Crippen LogP contribution in [0.5, 0.6) is 0 Å². The third kappa shape index (κ3) is 2.05. The molecule has 100 valence electrons. The number of nitro benzene ring substituents is 1. The van der Waals surface area contributed by atoms with Gasteiger partial charge in [0.1, 0.15) is 0 Å². The Balaban J connectivity index is 2.18. The molecule has 0 saturated carbocycles. The van der Waals surface area contributed by atoms with Gasteiger partial charge in [0.05, 0.1) is 15.1 Å². The monoisotopic (exact) mass is 335 g/mol. The number of nitro groups is 1. The second-order valence-corrected chi connectivity index (χ2v) is 4.99. The average molecular weight is 336 g/mol. The van der Waals surface area contributed by atoms with Crippen molar-refractivity contribution in [3.8, 4) is 11.3 Å². The quantitative estimate of drug-likeness (QED) is 0.528. The maximum absolute atomic E-state index is 13.3. The summed E-state index contributed by atoms with van der Waals surface area (Å²) in [5, 5.41) is 10.8. The van der Waals surface area contributed by atoms with Crippen molar-refractivity contribution in [1.29, 1.82) is 0 Å². The Labute approximate surface area is 121 Å². The van der Waals surface area contributed by atoms with Crippen molar-refractivity contribution in [2.75, 3.05) is 0 Å². The number of benzene rings is 1. The van der Waals surface area contributed by atoms with E-state index in [1.807, 2.05) is 18.3 Å². The van der Waals surface area contributed by atoms with Crippen LogP contribution in [0.25, 0.3) is 16.9 Å². The number of hydrogen-bond acceptors (Lipinski definition) is 3. The Morgan fingerprint density at radius 1 is 1.35 bits per heavy atom. The Morgan fingerprint density at radius 2 is 2.15 bits per heavy atom. The molecule has 20 heavy (non-hydrogen) atoms. The van der Waals surface area contributed by atoms with Crippen LogP contribution < -0.4 is 0 Å². The van der Waals surface area contributed by atoms with Crippen LogP contribution in [0.15, 0.2) is 47.2 Å². The normalized spacial score (nSPS) is 10.9. The van der Waals surface area contributed by atoms with Crippen LogP contribution in [0.3, 0.4) is 0 Å². The fourth-order valence-corrected chi connectivity index (χ4v) is 2.38. The minimum atomic E-state index is -0.858. The predicted molar refractivity (Wildman–Crippen MR) is 74.9 cm³/mol. The van der Waals surface area contributed by atoms with Gasteiger partial charge in [0.25, 0.3) is 0 Å². The fraction of sp³-hybridized carbons (Fsp3) is 0. The van der Waals surface area contributed by atoms with Gasteiger partial charge in [-0.3, -0.25) is 10.1 Å². The van der Waals surface area contributed by atoms with E-state index in [0.29, 0.717) is 16.9 Å². The zero-order valence-electron chi connectivity index (χ0n) is 9.96. The number of fused-ring (bicyclic) bond motifs is 1. The van der Waals surface area contributed by atoms with Crippen LogP contribution in [0.2, 0.25) is 0 Å². The van der Waals surface area contributed by atoms with Crippen LogP contribution in [0.1, 0.15) is 0 Å². The summed E-state index contributed by atoms with van der Waals surface area (Å²) in [5.41, 5.74) is 1.17. The molecule has 0 amide bonds. The molecule has 0 saturated heterocycles. The smallest absolute Gasteiger partial charge is 0.305 e. The Bertz CT molecular complexity index is 832. The number of nitrogens with zero attached hydrogens (tertiary/aromatic N) is 3. The SMILES string of the molecule is O=[N+]([O-])c1cc(-c2cn3cccc(Br)c3n2)ccc1F. The summed E-state index contributed by atoms with van der Waals surface area (Å²) in [5.74, 6) is -0.858. The lowest BCUT2D eigenvalue weighted by atomic mass is 10.1. The van der Waals surface area contributed by atoms with Crippen molar-refractivity contribution >= 4 is 27.3 Å². The fourth-order valence-electron chi connectivity index (χ4n) is 1.93. The first-order valence-electron chi connectivity index (χ1n) is 5.64. The van der Waals surface area contributed by atoms with Gasteiger partial charge in [-0.2, -0.15) is 4.39 Å². The van der Waals surface area contributed by atoms with E-state index < -0.39 is 16.4 Å². The molecule has 0 N–H and O–H groups in total. The van der Waals surface area contributed by atoms with E-state index in [0.717, 1.165) is 10.5 Å². The molecule has 3 rings (SSSR count). The van der Waals surface area contributed by atoms with E-state index in [-0.39, 0.29) is 0 Å². The highest BCUT2D eigenvalue weighted by Gasteiger charge is 2.16. The lowest BCUT2D eigenvalue weighted by Gasteiger charge is -1.97.